The number of methoxy groups -OCH3 is 1. The van der Waals surface area contributed by atoms with Crippen molar-refractivity contribution in [3.05, 3.63) is 48.0 Å². The lowest BCUT2D eigenvalue weighted by molar-refractivity contribution is 0.0948. The molecule has 31 heavy (non-hydrogen) atoms. The van der Waals surface area contributed by atoms with Gasteiger partial charge in [-0.05, 0) is 36.4 Å². The number of anilines is 2. The van der Waals surface area contributed by atoms with Crippen molar-refractivity contribution in [2.45, 2.75) is 0 Å². The average Bonchev–Trinajstić information content (AvgIpc) is 3.24. The number of benzene rings is 2. The summed E-state index contributed by atoms with van der Waals surface area (Å²) in [6, 6.07) is 13.7. The molecule has 1 N–H and O–H groups in total. The van der Waals surface area contributed by atoms with E-state index in [-0.39, 0.29) is 5.91 Å². The molecule has 0 atom stereocenters. The number of nitrogens with zero attached hydrogens (tertiary/aromatic N) is 4. The van der Waals surface area contributed by atoms with E-state index in [0.717, 1.165) is 59.5 Å². The molecule has 1 amide bonds. The van der Waals surface area contributed by atoms with E-state index in [9.17, 15) is 4.79 Å². The maximum atomic E-state index is 12.4. The van der Waals surface area contributed by atoms with Crippen LogP contribution in [-0.2, 0) is 0 Å². The van der Waals surface area contributed by atoms with Crippen LogP contribution in [0.2, 0.25) is 0 Å². The van der Waals surface area contributed by atoms with Gasteiger partial charge in [0.25, 0.3) is 5.91 Å². The van der Waals surface area contributed by atoms with Crippen molar-refractivity contribution >= 4 is 38.3 Å². The molecule has 164 valence electrons. The fourth-order valence-corrected chi connectivity index (χ4v) is 4.75. The van der Waals surface area contributed by atoms with Crippen LogP contribution in [0.3, 0.4) is 0 Å². The van der Waals surface area contributed by atoms with E-state index in [2.05, 4.69) is 21.2 Å². The molecule has 0 aliphatic carbocycles. The highest BCUT2D eigenvalue weighted by Crippen LogP contribution is 2.34. The zero-order valence-electron chi connectivity index (χ0n) is 18.3. The van der Waals surface area contributed by atoms with Gasteiger partial charge in [-0.1, -0.05) is 17.4 Å². The zero-order valence-corrected chi connectivity index (χ0v) is 19.1. The van der Waals surface area contributed by atoms with Crippen molar-refractivity contribution in [3.8, 4) is 5.75 Å². The molecule has 0 spiro atoms. The quantitative estimate of drug-likeness (QED) is 0.611. The van der Waals surface area contributed by atoms with Crippen molar-refractivity contribution in [3.63, 3.8) is 0 Å². The van der Waals surface area contributed by atoms with Crippen molar-refractivity contribution in [2.75, 3.05) is 70.3 Å². The fourth-order valence-electron chi connectivity index (χ4n) is 3.71. The monoisotopic (exact) mass is 439 g/mol. The van der Waals surface area contributed by atoms with Crippen molar-refractivity contribution in [2.24, 2.45) is 0 Å². The number of carbonyl (C=O) groups is 1. The third-order valence-corrected chi connectivity index (χ3v) is 6.67. The summed E-state index contributed by atoms with van der Waals surface area (Å²) < 4.78 is 6.59. The second-order valence-electron chi connectivity index (χ2n) is 7.83. The molecular formula is C23H29N5O2S. The number of fused-ring (bicyclic) bond motifs is 1. The number of nitrogens with one attached hydrogen (secondary N) is 1. The molecule has 4 rings (SSSR count). The molecule has 0 unspecified atom stereocenters. The minimum Gasteiger partial charge on any atom is -0.494 e. The van der Waals surface area contributed by atoms with E-state index in [0.29, 0.717) is 12.1 Å². The highest BCUT2D eigenvalue weighted by atomic mass is 32.1. The molecule has 1 fully saturated rings. The van der Waals surface area contributed by atoms with Gasteiger partial charge in [0.2, 0.25) is 0 Å². The molecule has 1 saturated heterocycles. The van der Waals surface area contributed by atoms with E-state index in [1.165, 1.54) is 0 Å². The van der Waals surface area contributed by atoms with E-state index >= 15 is 0 Å². The Morgan fingerprint density at radius 3 is 2.55 bits per heavy atom. The van der Waals surface area contributed by atoms with Gasteiger partial charge in [0.05, 0.1) is 11.8 Å². The maximum absolute atomic E-state index is 12.4. The normalized spacial score (nSPS) is 14.6. The largest absolute Gasteiger partial charge is 0.494 e. The van der Waals surface area contributed by atoms with Crippen molar-refractivity contribution in [1.82, 2.24) is 15.2 Å². The topological polar surface area (TPSA) is 60.9 Å². The lowest BCUT2D eigenvalue weighted by Gasteiger charge is -2.34. The molecule has 1 aliphatic heterocycles. The predicted octanol–water partition coefficient (Wildman–Crippen LogP) is 2.92. The van der Waals surface area contributed by atoms with Crippen LogP contribution < -0.4 is 19.9 Å². The Balaban J connectivity index is 1.24. The molecule has 2 heterocycles. The number of thiazole rings is 1. The lowest BCUT2D eigenvalue weighted by atomic mass is 10.2. The summed E-state index contributed by atoms with van der Waals surface area (Å²) in [4.78, 5) is 23.9. The van der Waals surface area contributed by atoms with Crippen LogP contribution in [0, 0.1) is 0 Å². The van der Waals surface area contributed by atoms with Crippen LogP contribution in [-0.4, -0.2) is 76.3 Å². The van der Waals surface area contributed by atoms with Gasteiger partial charge >= 0.3 is 0 Å². The Kier molecular flexibility index (Phi) is 6.58. The lowest BCUT2D eigenvalue weighted by Crippen LogP contribution is -2.48. The average molecular weight is 440 g/mol. The van der Waals surface area contributed by atoms with E-state index in [4.69, 9.17) is 9.72 Å². The Hall–Kier alpha value is -2.84. The number of hydrogen-bond donors (Lipinski definition) is 1. The maximum Gasteiger partial charge on any atom is 0.251 e. The first-order chi connectivity index (χ1) is 15.0. The second-order valence-corrected chi connectivity index (χ2v) is 8.84. The highest BCUT2D eigenvalue weighted by molar-refractivity contribution is 7.22. The van der Waals surface area contributed by atoms with Gasteiger partial charge in [0.15, 0.2) is 5.13 Å². The zero-order chi connectivity index (χ0) is 21.8. The molecule has 1 aromatic heterocycles. The Morgan fingerprint density at radius 2 is 1.87 bits per heavy atom. The smallest absolute Gasteiger partial charge is 0.251 e. The molecule has 2 aromatic carbocycles. The standard InChI is InChI=1S/C23H29N5O2S/c1-26(2)18-9-7-17(8-10-18)22(29)24-11-12-27-13-15-28(16-14-27)23-25-21-19(30-3)5-4-6-20(21)31-23/h4-10H,11-16H2,1-3H3,(H,24,29). The third kappa shape index (κ3) is 4.91. The van der Waals surface area contributed by atoms with E-state index in [1.807, 2.05) is 55.4 Å². The number of para-hydroxylation sites is 1. The summed E-state index contributed by atoms with van der Waals surface area (Å²) in [6.45, 7) is 5.28. The first-order valence-electron chi connectivity index (χ1n) is 10.5. The molecular weight excluding hydrogens is 410 g/mol. The Morgan fingerprint density at radius 1 is 1.13 bits per heavy atom. The number of carbonyl (C=O) groups excluding carboxylic acids is 1. The number of amides is 1. The Bertz CT molecular complexity index is 1030. The van der Waals surface area contributed by atoms with Crippen LogP contribution in [0.25, 0.3) is 10.2 Å². The molecule has 3 aromatic rings. The number of ether oxygens (including phenoxy) is 1. The van der Waals surface area contributed by atoms with Crippen LogP contribution in [0.4, 0.5) is 10.8 Å². The van der Waals surface area contributed by atoms with Crippen molar-refractivity contribution < 1.29 is 9.53 Å². The molecule has 1 aliphatic rings. The van der Waals surface area contributed by atoms with Crippen LogP contribution in [0.5, 0.6) is 5.75 Å². The number of rotatable bonds is 7. The molecule has 0 radical (unpaired) electrons. The second kappa shape index (κ2) is 9.53. The molecule has 8 heteroatoms. The van der Waals surface area contributed by atoms with Gasteiger partial charge in [-0.3, -0.25) is 9.69 Å². The minimum absolute atomic E-state index is 0.0210. The SMILES string of the molecule is COc1cccc2sc(N3CCN(CCNC(=O)c4ccc(N(C)C)cc4)CC3)nc12. The van der Waals surface area contributed by atoms with Gasteiger partial charge in [-0.25, -0.2) is 4.98 Å². The first kappa shape index (κ1) is 21.4. The molecule has 7 nitrogen and oxygen atoms in total. The van der Waals surface area contributed by atoms with Crippen LogP contribution in [0.15, 0.2) is 42.5 Å². The summed E-state index contributed by atoms with van der Waals surface area (Å²) in [5, 5.41) is 4.09. The number of piperazine rings is 1. The van der Waals surface area contributed by atoms with Gasteiger partial charge in [0.1, 0.15) is 11.3 Å². The van der Waals surface area contributed by atoms with Gasteiger partial charge in [0, 0.05) is 64.6 Å². The first-order valence-corrected chi connectivity index (χ1v) is 11.3. The van der Waals surface area contributed by atoms with Gasteiger partial charge in [-0.15, -0.1) is 0 Å². The van der Waals surface area contributed by atoms with Crippen molar-refractivity contribution in [1.29, 1.82) is 0 Å². The summed E-state index contributed by atoms with van der Waals surface area (Å²) in [5.74, 6) is 0.804. The number of hydrogen-bond acceptors (Lipinski definition) is 7. The third-order valence-electron chi connectivity index (χ3n) is 5.59. The Labute approximate surface area is 187 Å². The van der Waals surface area contributed by atoms with E-state index in [1.54, 1.807) is 18.4 Å². The fraction of sp³-hybridized carbons (Fsp3) is 0.391. The predicted molar refractivity (Wildman–Crippen MR) is 128 cm³/mol. The van der Waals surface area contributed by atoms with Gasteiger partial charge < -0.3 is 19.9 Å². The summed E-state index contributed by atoms with van der Waals surface area (Å²) in [5.41, 5.74) is 2.72. The van der Waals surface area contributed by atoms with Gasteiger partial charge in [-0.2, -0.15) is 0 Å². The number of aromatic nitrogens is 1. The van der Waals surface area contributed by atoms with E-state index < -0.39 is 0 Å². The van der Waals surface area contributed by atoms with Crippen LogP contribution >= 0.6 is 11.3 Å². The summed E-state index contributed by atoms with van der Waals surface area (Å²) >= 11 is 1.71. The molecule has 0 saturated carbocycles. The van der Waals surface area contributed by atoms with Crippen LogP contribution in [0.1, 0.15) is 10.4 Å². The summed E-state index contributed by atoms with van der Waals surface area (Å²) in [6.07, 6.45) is 0. The molecule has 0 bridgehead atoms. The summed E-state index contributed by atoms with van der Waals surface area (Å²) in [7, 11) is 5.66. The minimum atomic E-state index is -0.0210. The highest BCUT2D eigenvalue weighted by Gasteiger charge is 2.20.